The molecule has 0 saturated carbocycles. The number of hydrogen-bond donors (Lipinski definition) is 2. The van der Waals surface area contributed by atoms with E-state index in [0.29, 0.717) is 18.2 Å². The van der Waals surface area contributed by atoms with E-state index in [1.165, 1.54) is 0 Å². The Morgan fingerprint density at radius 1 is 1.35 bits per heavy atom. The number of carbonyl (C=O) groups is 1. The number of hydrogen-bond acceptors (Lipinski definition) is 4. The van der Waals surface area contributed by atoms with Gasteiger partial charge in [0.15, 0.2) is 5.82 Å². The third kappa shape index (κ3) is 3.77. The number of amides is 1. The minimum absolute atomic E-state index is 0.0731. The van der Waals surface area contributed by atoms with Gasteiger partial charge in [0.05, 0.1) is 13.7 Å². The maximum Gasteiger partial charge on any atom is 0.223 e. The Hall–Kier alpha value is -2.63. The third-order valence-corrected chi connectivity index (χ3v) is 3.95. The van der Waals surface area contributed by atoms with Crippen molar-refractivity contribution in [2.75, 3.05) is 7.11 Å². The Kier molecular flexibility index (Phi) is 4.71. The average Bonchev–Trinajstić information content (AvgIpc) is 3.09. The number of H-pyrrole nitrogens is 1. The highest BCUT2D eigenvalue weighted by molar-refractivity contribution is 5.78. The van der Waals surface area contributed by atoms with Crippen LogP contribution in [-0.2, 0) is 11.3 Å². The van der Waals surface area contributed by atoms with E-state index in [9.17, 15) is 4.79 Å². The monoisotopic (exact) mass is 312 g/mol. The smallest absolute Gasteiger partial charge is 0.223 e. The Morgan fingerprint density at radius 2 is 2.17 bits per heavy atom. The summed E-state index contributed by atoms with van der Waals surface area (Å²) < 4.78 is 5.13. The van der Waals surface area contributed by atoms with E-state index >= 15 is 0 Å². The van der Waals surface area contributed by atoms with Crippen molar-refractivity contribution in [3.05, 3.63) is 42.2 Å². The molecule has 0 unspecified atom stereocenters. The highest BCUT2D eigenvalue weighted by Crippen LogP contribution is 2.20. The van der Waals surface area contributed by atoms with Crippen LogP contribution in [0.3, 0.4) is 0 Å². The molecule has 23 heavy (non-hydrogen) atoms. The second-order valence-corrected chi connectivity index (χ2v) is 5.53. The molecule has 1 aliphatic rings. The fourth-order valence-corrected chi connectivity index (χ4v) is 2.59. The number of benzene rings is 1. The number of nitrogens with one attached hydrogen (secondary N) is 2. The normalized spacial score (nSPS) is 17.0. The van der Waals surface area contributed by atoms with Crippen molar-refractivity contribution < 1.29 is 9.53 Å². The van der Waals surface area contributed by atoms with Crippen LogP contribution in [0.2, 0.25) is 0 Å². The molecule has 0 radical (unpaired) electrons. The number of aromatic amines is 1. The van der Waals surface area contributed by atoms with E-state index in [0.717, 1.165) is 30.6 Å². The van der Waals surface area contributed by atoms with E-state index in [4.69, 9.17) is 4.74 Å². The number of ether oxygens (including phenoxy) is 1. The molecule has 6 heteroatoms. The van der Waals surface area contributed by atoms with E-state index in [1.807, 2.05) is 24.3 Å². The summed E-state index contributed by atoms with van der Waals surface area (Å²) in [7, 11) is 1.63. The predicted octanol–water partition coefficient (Wildman–Crippen LogP) is 2.45. The first-order valence-corrected chi connectivity index (χ1v) is 7.74. The molecule has 1 atom stereocenters. The number of methoxy groups -OCH3 is 1. The number of nitrogens with zero attached hydrogens (tertiary/aromatic N) is 2. The first-order chi connectivity index (χ1) is 11.3. The number of rotatable bonds is 5. The van der Waals surface area contributed by atoms with Gasteiger partial charge in [-0.2, -0.15) is 5.10 Å². The molecule has 0 aliphatic heterocycles. The molecule has 0 bridgehead atoms. The van der Waals surface area contributed by atoms with Crippen molar-refractivity contribution in [1.82, 2.24) is 20.5 Å². The summed E-state index contributed by atoms with van der Waals surface area (Å²) >= 11 is 0. The SMILES string of the molecule is COc1ccc(-c2n[nH]c(CNC(=O)[C@H]3CC=CCC3)n2)cc1. The molecular weight excluding hydrogens is 292 g/mol. The van der Waals surface area contributed by atoms with Gasteiger partial charge < -0.3 is 10.1 Å². The zero-order valence-electron chi connectivity index (χ0n) is 13.1. The van der Waals surface area contributed by atoms with E-state index in [2.05, 4.69) is 32.7 Å². The second kappa shape index (κ2) is 7.09. The molecule has 0 spiro atoms. The summed E-state index contributed by atoms with van der Waals surface area (Å²) in [5, 5.41) is 9.99. The van der Waals surface area contributed by atoms with E-state index in [1.54, 1.807) is 7.11 Å². The van der Waals surface area contributed by atoms with Gasteiger partial charge in [-0.05, 0) is 43.5 Å². The highest BCUT2D eigenvalue weighted by Gasteiger charge is 2.18. The number of carbonyl (C=O) groups excluding carboxylic acids is 1. The topological polar surface area (TPSA) is 79.9 Å². The summed E-state index contributed by atoms with van der Waals surface area (Å²) in [6.07, 6.45) is 6.91. The van der Waals surface area contributed by atoms with Crippen LogP contribution < -0.4 is 10.1 Å². The number of allylic oxidation sites excluding steroid dienone is 2. The molecule has 1 aromatic carbocycles. The molecule has 0 fully saturated rings. The zero-order chi connectivity index (χ0) is 16.1. The molecule has 2 N–H and O–H groups in total. The molecule has 1 heterocycles. The van der Waals surface area contributed by atoms with Gasteiger partial charge in [-0.15, -0.1) is 0 Å². The lowest BCUT2D eigenvalue weighted by Crippen LogP contribution is -2.31. The summed E-state index contributed by atoms with van der Waals surface area (Å²) in [6.45, 7) is 0.363. The molecular formula is C17H20N4O2. The van der Waals surface area contributed by atoms with Crippen LogP contribution in [0, 0.1) is 5.92 Å². The first-order valence-electron chi connectivity index (χ1n) is 7.74. The lowest BCUT2D eigenvalue weighted by molar-refractivity contribution is -0.125. The number of aromatic nitrogens is 3. The van der Waals surface area contributed by atoms with Gasteiger partial charge in [-0.3, -0.25) is 9.89 Å². The van der Waals surface area contributed by atoms with Gasteiger partial charge in [0.2, 0.25) is 5.91 Å². The third-order valence-electron chi connectivity index (χ3n) is 3.95. The second-order valence-electron chi connectivity index (χ2n) is 5.53. The van der Waals surface area contributed by atoms with Gasteiger partial charge in [0.1, 0.15) is 11.6 Å². The van der Waals surface area contributed by atoms with Crippen LogP contribution in [0.5, 0.6) is 5.75 Å². The molecule has 6 nitrogen and oxygen atoms in total. The summed E-state index contributed by atoms with van der Waals surface area (Å²) in [5.74, 6) is 2.20. The molecule has 2 aromatic rings. The van der Waals surface area contributed by atoms with E-state index in [-0.39, 0.29) is 11.8 Å². The maximum absolute atomic E-state index is 12.1. The van der Waals surface area contributed by atoms with Crippen molar-refractivity contribution in [1.29, 1.82) is 0 Å². The summed E-state index contributed by atoms with van der Waals surface area (Å²) in [4.78, 5) is 16.5. The standard InChI is InChI=1S/C17H20N4O2/c1-23-14-9-7-12(8-10-14)16-19-15(20-21-16)11-18-17(22)13-5-3-2-4-6-13/h2-3,7-10,13H,4-6,11H2,1H3,(H,18,22)(H,19,20,21)/t13-/m0/s1. The molecule has 1 amide bonds. The minimum atomic E-state index is 0.0731. The van der Waals surface area contributed by atoms with Crippen LogP contribution in [0.25, 0.3) is 11.4 Å². The minimum Gasteiger partial charge on any atom is -0.497 e. The quantitative estimate of drug-likeness (QED) is 0.831. The average molecular weight is 312 g/mol. The summed E-state index contributed by atoms with van der Waals surface area (Å²) in [6, 6.07) is 7.53. The molecule has 3 rings (SSSR count). The zero-order valence-corrected chi connectivity index (χ0v) is 13.1. The van der Waals surface area contributed by atoms with Crippen LogP contribution in [-0.4, -0.2) is 28.2 Å². The molecule has 1 aliphatic carbocycles. The first kappa shape index (κ1) is 15.3. The van der Waals surface area contributed by atoms with Crippen molar-refractivity contribution in [3.8, 4) is 17.1 Å². The summed E-state index contributed by atoms with van der Waals surface area (Å²) in [5.41, 5.74) is 0.900. The highest BCUT2D eigenvalue weighted by atomic mass is 16.5. The molecule has 120 valence electrons. The van der Waals surface area contributed by atoms with E-state index < -0.39 is 0 Å². The Balaban J connectivity index is 1.58. The maximum atomic E-state index is 12.1. The Bertz CT molecular complexity index is 691. The van der Waals surface area contributed by atoms with Gasteiger partial charge in [-0.25, -0.2) is 4.98 Å². The van der Waals surface area contributed by atoms with Crippen LogP contribution in [0.4, 0.5) is 0 Å². The van der Waals surface area contributed by atoms with Gasteiger partial charge in [-0.1, -0.05) is 12.2 Å². The van der Waals surface area contributed by atoms with Gasteiger partial charge in [0.25, 0.3) is 0 Å². The Morgan fingerprint density at radius 3 is 2.87 bits per heavy atom. The lowest BCUT2D eigenvalue weighted by Gasteiger charge is -2.16. The largest absolute Gasteiger partial charge is 0.497 e. The molecule has 0 saturated heterocycles. The fraction of sp³-hybridized carbons (Fsp3) is 0.353. The van der Waals surface area contributed by atoms with Crippen molar-refractivity contribution >= 4 is 5.91 Å². The Labute approximate surface area is 135 Å². The lowest BCUT2D eigenvalue weighted by atomic mass is 9.94. The van der Waals surface area contributed by atoms with Gasteiger partial charge >= 0.3 is 0 Å². The van der Waals surface area contributed by atoms with Gasteiger partial charge in [0, 0.05) is 11.5 Å². The fourth-order valence-electron chi connectivity index (χ4n) is 2.59. The van der Waals surface area contributed by atoms with Crippen molar-refractivity contribution in [3.63, 3.8) is 0 Å². The van der Waals surface area contributed by atoms with Crippen LogP contribution >= 0.6 is 0 Å². The molecule has 1 aromatic heterocycles. The van der Waals surface area contributed by atoms with Crippen LogP contribution in [0.1, 0.15) is 25.1 Å². The van der Waals surface area contributed by atoms with Crippen molar-refractivity contribution in [2.45, 2.75) is 25.8 Å². The predicted molar refractivity (Wildman–Crippen MR) is 86.7 cm³/mol. The van der Waals surface area contributed by atoms with Crippen LogP contribution in [0.15, 0.2) is 36.4 Å². The van der Waals surface area contributed by atoms with Crippen molar-refractivity contribution in [2.24, 2.45) is 5.92 Å².